The Kier molecular flexibility index (Phi) is 3.55. The SMILES string of the molecule is Fc1cc(Br)ccc1-n1nc(C(F)(F)F)c2c1CCCC2. The molecule has 0 amide bonds. The van der Waals surface area contributed by atoms with Gasteiger partial charge in [0.1, 0.15) is 11.5 Å². The Hall–Kier alpha value is -1.37. The van der Waals surface area contributed by atoms with E-state index in [-0.39, 0.29) is 11.3 Å². The van der Waals surface area contributed by atoms with Gasteiger partial charge in [0.2, 0.25) is 0 Å². The van der Waals surface area contributed by atoms with Crippen molar-refractivity contribution in [2.24, 2.45) is 0 Å². The highest BCUT2D eigenvalue weighted by molar-refractivity contribution is 9.10. The van der Waals surface area contributed by atoms with Gasteiger partial charge in [0.15, 0.2) is 5.69 Å². The molecule has 7 heteroatoms. The maximum Gasteiger partial charge on any atom is 0.435 e. The Bertz CT molecular complexity index is 691. The lowest BCUT2D eigenvalue weighted by Gasteiger charge is -2.15. The highest BCUT2D eigenvalue weighted by Crippen LogP contribution is 2.37. The first-order chi connectivity index (χ1) is 9.88. The van der Waals surface area contributed by atoms with Crippen molar-refractivity contribution < 1.29 is 17.6 Å². The molecule has 0 unspecified atom stereocenters. The van der Waals surface area contributed by atoms with Crippen LogP contribution in [-0.2, 0) is 19.0 Å². The Morgan fingerprint density at radius 3 is 2.52 bits per heavy atom. The minimum absolute atomic E-state index is 0.0480. The summed E-state index contributed by atoms with van der Waals surface area (Å²) in [5.41, 5.74) is -0.169. The van der Waals surface area contributed by atoms with Gasteiger partial charge in [0.05, 0.1) is 0 Å². The molecule has 2 aromatic rings. The molecule has 0 saturated carbocycles. The van der Waals surface area contributed by atoms with Gasteiger partial charge >= 0.3 is 6.18 Å². The van der Waals surface area contributed by atoms with E-state index in [1.165, 1.54) is 12.1 Å². The van der Waals surface area contributed by atoms with Crippen molar-refractivity contribution in [1.82, 2.24) is 9.78 Å². The number of hydrogen-bond acceptors (Lipinski definition) is 1. The molecule has 0 fully saturated rings. The van der Waals surface area contributed by atoms with E-state index >= 15 is 0 Å². The predicted molar refractivity (Wildman–Crippen MR) is 72.9 cm³/mol. The van der Waals surface area contributed by atoms with Crippen LogP contribution < -0.4 is 0 Å². The van der Waals surface area contributed by atoms with Gasteiger partial charge in [-0.1, -0.05) is 15.9 Å². The lowest BCUT2D eigenvalue weighted by molar-refractivity contribution is -0.142. The van der Waals surface area contributed by atoms with Gasteiger partial charge in [-0.05, 0) is 43.9 Å². The van der Waals surface area contributed by atoms with Crippen LogP contribution >= 0.6 is 15.9 Å². The second-order valence-electron chi connectivity index (χ2n) is 4.99. The van der Waals surface area contributed by atoms with Crippen molar-refractivity contribution in [3.8, 4) is 5.69 Å². The number of halogens is 5. The lowest BCUT2D eigenvalue weighted by Crippen LogP contribution is -2.11. The van der Waals surface area contributed by atoms with Gasteiger partial charge in [-0.25, -0.2) is 9.07 Å². The molecule has 0 spiro atoms. The number of aromatic nitrogens is 2. The molecule has 0 N–H and O–H groups in total. The zero-order valence-electron chi connectivity index (χ0n) is 10.8. The Labute approximate surface area is 126 Å². The first-order valence-electron chi connectivity index (χ1n) is 6.51. The number of nitrogens with zero attached hydrogens (tertiary/aromatic N) is 2. The Balaban J connectivity index is 2.21. The van der Waals surface area contributed by atoms with Crippen LogP contribution in [0.1, 0.15) is 29.8 Å². The smallest absolute Gasteiger partial charge is 0.234 e. The van der Waals surface area contributed by atoms with Crippen LogP contribution in [0.4, 0.5) is 17.6 Å². The molecule has 1 aromatic carbocycles. The minimum Gasteiger partial charge on any atom is -0.234 e. The van der Waals surface area contributed by atoms with Crippen molar-refractivity contribution in [3.05, 3.63) is 45.4 Å². The van der Waals surface area contributed by atoms with Gasteiger partial charge in [0.25, 0.3) is 0 Å². The largest absolute Gasteiger partial charge is 0.435 e. The molecule has 2 nitrogen and oxygen atoms in total. The average molecular weight is 363 g/mol. The summed E-state index contributed by atoms with van der Waals surface area (Å²) in [5, 5.41) is 3.66. The van der Waals surface area contributed by atoms with Crippen molar-refractivity contribution in [2.75, 3.05) is 0 Å². The summed E-state index contributed by atoms with van der Waals surface area (Å²) in [4.78, 5) is 0. The van der Waals surface area contributed by atoms with Crippen LogP contribution in [0.3, 0.4) is 0 Å². The quantitative estimate of drug-likeness (QED) is 0.674. The fourth-order valence-electron chi connectivity index (χ4n) is 2.68. The van der Waals surface area contributed by atoms with Crippen LogP contribution in [0.15, 0.2) is 22.7 Å². The van der Waals surface area contributed by atoms with E-state index in [9.17, 15) is 17.6 Å². The van der Waals surface area contributed by atoms with E-state index in [1.54, 1.807) is 6.07 Å². The van der Waals surface area contributed by atoms with E-state index in [2.05, 4.69) is 21.0 Å². The highest BCUT2D eigenvalue weighted by atomic mass is 79.9. The monoisotopic (exact) mass is 362 g/mol. The third-order valence-corrected chi connectivity index (χ3v) is 4.08. The van der Waals surface area contributed by atoms with Crippen molar-refractivity contribution in [2.45, 2.75) is 31.9 Å². The first-order valence-corrected chi connectivity index (χ1v) is 7.30. The average Bonchev–Trinajstić information content (AvgIpc) is 2.78. The zero-order valence-corrected chi connectivity index (χ0v) is 12.4. The summed E-state index contributed by atoms with van der Waals surface area (Å²) in [6.07, 6.45) is -2.21. The molecule has 0 aliphatic heterocycles. The molecule has 112 valence electrons. The molecular weight excluding hydrogens is 352 g/mol. The van der Waals surface area contributed by atoms with E-state index in [0.717, 1.165) is 11.1 Å². The van der Waals surface area contributed by atoms with Crippen LogP contribution in [0.2, 0.25) is 0 Å². The van der Waals surface area contributed by atoms with Gasteiger partial charge in [0, 0.05) is 15.7 Å². The molecule has 1 heterocycles. The van der Waals surface area contributed by atoms with Crippen LogP contribution in [0.25, 0.3) is 5.69 Å². The molecule has 1 aromatic heterocycles. The van der Waals surface area contributed by atoms with Crippen LogP contribution in [0.5, 0.6) is 0 Å². The maximum atomic E-state index is 14.0. The Morgan fingerprint density at radius 2 is 1.86 bits per heavy atom. The summed E-state index contributed by atoms with van der Waals surface area (Å²) >= 11 is 3.13. The third kappa shape index (κ3) is 2.59. The maximum absolute atomic E-state index is 14.0. The molecule has 0 atom stereocenters. The van der Waals surface area contributed by atoms with Crippen molar-refractivity contribution >= 4 is 15.9 Å². The third-order valence-electron chi connectivity index (χ3n) is 3.59. The molecule has 3 rings (SSSR count). The van der Waals surface area contributed by atoms with E-state index in [4.69, 9.17) is 0 Å². The van der Waals surface area contributed by atoms with Crippen molar-refractivity contribution in [1.29, 1.82) is 0 Å². The normalized spacial score (nSPS) is 15.1. The number of hydrogen-bond donors (Lipinski definition) is 0. The standard InChI is InChI=1S/C14H11BrF4N2/c15-8-5-6-12(10(16)7-8)21-11-4-2-1-3-9(11)13(20-21)14(17,18)19/h5-7H,1-4H2. The summed E-state index contributed by atoms with van der Waals surface area (Å²) in [6.45, 7) is 0. The van der Waals surface area contributed by atoms with Gasteiger partial charge in [-0.2, -0.15) is 18.3 Å². The number of alkyl halides is 3. The molecular formula is C14H11BrF4N2. The highest BCUT2D eigenvalue weighted by Gasteiger charge is 2.39. The van der Waals surface area contributed by atoms with E-state index in [1.807, 2.05) is 0 Å². The molecule has 0 bridgehead atoms. The summed E-state index contributed by atoms with van der Waals surface area (Å²) in [6, 6.07) is 4.24. The minimum atomic E-state index is -4.52. The summed E-state index contributed by atoms with van der Waals surface area (Å²) < 4.78 is 55.0. The van der Waals surface area contributed by atoms with Crippen molar-refractivity contribution in [3.63, 3.8) is 0 Å². The fraction of sp³-hybridized carbons (Fsp3) is 0.357. The van der Waals surface area contributed by atoms with Gasteiger partial charge < -0.3 is 0 Å². The molecule has 21 heavy (non-hydrogen) atoms. The second-order valence-corrected chi connectivity index (χ2v) is 5.90. The molecule has 1 aliphatic rings. The predicted octanol–water partition coefficient (Wildman–Crippen LogP) is 4.67. The van der Waals surface area contributed by atoms with Gasteiger partial charge in [-0.3, -0.25) is 0 Å². The van der Waals surface area contributed by atoms with Gasteiger partial charge in [-0.15, -0.1) is 0 Å². The van der Waals surface area contributed by atoms with Crippen LogP contribution in [-0.4, -0.2) is 9.78 Å². The number of fused-ring (bicyclic) bond motifs is 1. The van der Waals surface area contributed by atoms with Crippen LogP contribution in [0, 0.1) is 5.82 Å². The fourth-order valence-corrected chi connectivity index (χ4v) is 3.01. The van der Waals surface area contributed by atoms with E-state index < -0.39 is 17.7 Å². The number of benzene rings is 1. The lowest BCUT2D eigenvalue weighted by atomic mass is 9.95. The molecule has 0 saturated heterocycles. The number of rotatable bonds is 1. The first kappa shape index (κ1) is 14.6. The summed E-state index contributed by atoms with van der Waals surface area (Å²) in [7, 11) is 0. The molecule has 1 aliphatic carbocycles. The Morgan fingerprint density at radius 1 is 1.14 bits per heavy atom. The summed E-state index contributed by atoms with van der Waals surface area (Å²) in [5.74, 6) is -0.603. The topological polar surface area (TPSA) is 17.8 Å². The molecule has 0 radical (unpaired) electrons. The van der Waals surface area contributed by atoms with E-state index in [0.29, 0.717) is 29.4 Å². The second kappa shape index (κ2) is 5.12. The zero-order chi connectivity index (χ0) is 15.2.